The first-order valence-electron chi connectivity index (χ1n) is 3.66. The van der Waals surface area contributed by atoms with E-state index in [-0.39, 0.29) is 5.54 Å². The number of nitrogens with zero attached hydrogens (tertiary/aromatic N) is 1. The van der Waals surface area contributed by atoms with Crippen LogP contribution in [-0.2, 0) is 8.85 Å². The quantitative estimate of drug-likeness (QED) is 0.607. The maximum absolute atomic E-state index is 8.69. The van der Waals surface area contributed by atoms with E-state index < -0.39 is 8.56 Å². The molecule has 0 heterocycles. The molecule has 0 N–H and O–H groups in total. The van der Waals surface area contributed by atoms with Crippen LogP contribution in [0.15, 0.2) is 0 Å². The largest absolute Gasteiger partial charge is 0.397 e. The van der Waals surface area contributed by atoms with E-state index in [9.17, 15) is 0 Å². The molecule has 0 fully saturated rings. The molecule has 0 aliphatic heterocycles. The SMILES string of the molecule is CC[Si](OC)(OC)C(C)C#N. The molecule has 0 saturated heterocycles. The second-order valence-electron chi connectivity index (χ2n) is 2.42. The molecule has 64 valence electrons. The average Bonchev–Trinajstić information content (AvgIpc) is 2.08. The first kappa shape index (κ1) is 10.6. The molecule has 0 rings (SSSR count). The molecule has 0 aliphatic carbocycles. The molecular formula is C7H15NO2Si. The van der Waals surface area contributed by atoms with Gasteiger partial charge in [-0.3, -0.25) is 0 Å². The van der Waals surface area contributed by atoms with E-state index in [2.05, 4.69) is 6.07 Å². The molecule has 0 saturated carbocycles. The molecule has 0 amide bonds. The minimum atomic E-state index is -2.18. The minimum Gasteiger partial charge on any atom is -0.397 e. The number of hydrogen-bond acceptors (Lipinski definition) is 3. The molecule has 0 radical (unpaired) electrons. The molecular weight excluding hydrogens is 158 g/mol. The van der Waals surface area contributed by atoms with Gasteiger partial charge < -0.3 is 8.85 Å². The normalized spacial score (nSPS) is 14.1. The highest BCUT2D eigenvalue weighted by atomic mass is 28.4. The Kier molecular flexibility index (Phi) is 4.34. The van der Waals surface area contributed by atoms with Gasteiger partial charge in [0.25, 0.3) is 0 Å². The number of nitriles is 1. The summed E-state index contributed by atoms with van der Waals surface area (Å²) < 4.78 is 10.6. The van der Waals surface area contributed by atoms with Gasteiger partial charge in [-0.15, -0.1) is 0 Å². The lowest BCUT2D eigenvalue weighted by molar-refractivity contribution is 0.238. The van der Waals surface area contributed by atoms with E-state index in [0.717, 1.165) is 6.04 Å². The van der Waals surface area contributed by atoms with Crippen molar-refractivity contribution in [2.24, 2.45) is 0 Å². The lowest BCUT2D eigenvalue weighted by atomic mass is 10.5. The predicted molar refractivity (Wildman–Crippen MR) is 45.3 cm³/mol. The molecule has 0 spiro atoms. The Balaban J connectivity index is 4.42. The minimum absolute atomic E-state index is 0.109. The fourth-order valence-electron chi connectivity index (χ4n) is 1.13. The number of hydrogen-bond donors (Lipinski definition) is 0. The van der Waals surface area contributed by atoms with Gasteiger partial charge in [-0.25, -0.2) is 0 Å². The van der Waals surface area contributed by atoms with Crippen LogP contribution in [0.1, 0.15) is 13.8 Å². The molecule has 1 atom stereocenters. The Morgan fingerprint density at radius 1 is 1.45 bits per heavy atom. The van der Waals surface area contributed by atoms with Gasteiger partial charge in [-0.2, -0.15) is 5.26 Å². The van der Waals surface area contributed by atoms with Crippen molar-refractivity contribution in [3.05, 3.63) is 0 Å². The van der Waals surface area contributed by atoms with Crippen LogP contribution < -0.4 is 0 Å². The topological polar surface area (TPSA) is 42.2 Å². The molecule has 0 aromatic carbocycles. The molecule has 1 unspecified atom stereocenters. The Hall–Kier alpha value is -0.373. The van der Waals surface area contributed by atoms with Gasteiger partial charge >= 0.3 is 8.56 Å². The molecule has 3 nitrogen and oxygen atoms in total. The Labute approximate surface area is 69.2 Å². The zero-order valence-corrected chi connectivity index (χ0v) is 8.55. The Bertz CT molecular complexity index is 143. The summed E-state index contributed by atoms with van der Waals surface area (Å²) in [5.41, 5.74) is -0.109. The van der Waals surface area contributed by atoms with Gasteiger partial charge in [0.05, 0.1) is 11.6 Å². The summed E-state index contributed by atoms with van der Waals surface area (Å²) in [4.78, 5) is 0. The Morgan fingerprint density at radius 3 is 2.00 bits per heavy atom. The van der Waals surface area contributed by atoms with Crippen molar-refractivity contribution in [2.45, 2.75) is 25.4 Å². The van der Waals surface area contributed by atoms with E-state index >= 15 is 0 Å². The van der Waals surface area contributed by atoms with Crippen LogP contribution in [0.2, 0.25) is 11.6 Å². The van der Waals surface area contributed by atoms with E-state index in [1.165, 1.54) is 0 Å². The second-order valence-corrected chi connectivity index (χ2v) is 6.44. The van der Waals surface area contributed by atoms with E-state index in [1.807, 2.05) is 13.8 Å². The number of rotatable bonds is 4. The van der Waals surface area contributed by atoms with Crippen molar-refractivity contribution in [3.63, 3.8) is 0 Å². The molecule has 0 bridgehead atoms. The van der Waals surface area contributed by atoms with Crippen molar-refractivity contribution in [3.8, 4) is 6.07 Å². The van der Waals surface area contributed by atoms with Crippen molar-refractivity contribution in [1.82, 2.24) is 0 Å². The third-order valence-corrected chi connectivity index (χ3v) is 5.85. The maximum atomic E-state index is 8.69. The summed E-state index contributed by atoms with van der Waals surface area (Å²) in [5, 5.41) is 8.69. The maximum Gasteiger partial charge on any atom is 0.354 e. The highest BCUT2D eigenvalue weighted by Crippen LogP contribution is 2.25. The van der Waals surface area contributed by atoms with Crippen LogP contribution in [0.25, 0.3) is 0 Å². The first-order valence-corrected chi connectivity index (χ1v) is 5.76. The van der Waals surface area contributed by atoms with Crippen molar-refractivity contribution >= 4 is 8.56 Å². The molecule has 0 aromatic heterocycles. The van der Waals surface area contributed by atoms with Gasteiger partial charge in [0, 0.05) is 14.2 Å². The third-order valence-electron chi connectivity index (χ3n) is 2.04. The summed E-state index contributed by atoms with van der Waals surface area (Å²) in [5.74, 6) is 0. The fraction of sp³-hybridized carbons (Fsp3) is 0.857. The summed E-state index contributed by atoms with van der Waals surface area (Å²) in [6.07, 6.45) is 0. The van der Waals surface area contributed by atoms with Gasteiger partial charge in [0.15, 0.2) is 0 Å². The highest BCUT2D eigenvalue weighted by molar-refractivity contribution is 6.69. The van der Waals surface area contributed by atoms with E-state index in [0.29, 0.717) is 0 Å². The van der Waals surface area contributed by atoms with Crippen LogP contribution >= 0.6 is 0 Å². The van der Waals surface area contributed by atoms with Gasteiger partial charge in [-0.05, 0) is 13.0 Å². The van der Waals surface area contributed by atoms with Crippen LogP contribution in [-0.4, -0.2) is 22.8 Å². The summed E-state index contributed by atoms with van der Waals surface area (Å²) in [6.45, 7) is 3.84. The third kappa shape index (κ3) is 2.03. The van der Waals surface area contributed by atoms with Gasteiger partial charge in [0.1, 0.15) is 0 Å². The second kappa shape index (κ2) is 4.49. The predicted octanol–water partition coefficient (Wildman–Crippen LogP) is 1.65. The van der Waals surface area contributed by atoms with Gasteiger partial charge in [0.2, 0.25) is 0 Å². The fourth-order valence-corrected chi connectivity index (χ4v) is 3.39. The van der Waals surface area contributed by atoms with Crippen LogP contribution in [0.3, 0.4) is 0 Å². The lowest BCUT2D eigenvalue weighted by Crippen LogP contribution is -2.42. The van der Waals surface area contributed by atoms with Gasteiger partial charge in [-0.1, -0.05) is 6.92 Å². The zero-order valence-electron chi connectivity index (χ0n) is 7.55. The summed E-state index contributed by atoms with van der Waals surface area (Å²) in [6, 6.07) is 2.98. The Morgan fingerprint density at radius 2 is 1.91 bits per heavy atom. The summed E-state index contributed by atoms with van der Waals surface area (Å²) >= 11 is 0. The standard InChI is InChI=1S/C7H15NO2Si/c1-5-11(9-3,10-4)7(2)6-8/h7H,5H2,1-4H3. The van der Waals surface area contributed by atoms with Crippen molar-refractivity contribution < 1.29 is 8.85 Å². The molecule has 11 heavy (non-hydrogen) atoms. The van der Waals surface area contributed by atoms with Crippen LogP contribution in [0.4, 0.5) is 0 Å². The molecule has 0 aliphatic rings. The van der Waals surface area contributed by atoms with E-state index in [1.54, 1.807) is 14.2 Å². The molecule has 4 heteroatoms. The molecule has 0 aromatic rings. The first-order chi connectivity index (χ1) is 5.16. The van der Waals surface area contributed by atoms with E-state index in [4.69, 9.17) is 14.1 Å². The highest BCUT2D eigenvalue weighted by Gasteiger charge is 2.40. The average molecular weight is 173 g/mol. The van der Waals surface area contributed by atoms with Crippen LogP contribution in [0, 0.1) is 11.3 Å². The summed E-state index contributed by atoms with van der Waals surface area (Å²) in [7, 11) is 1.05. The zero-order chi connectivity index (χ0) is 8.91. The smallest absolute Gasteiger partial charge is 0.354 e. The van der Waals surface area contributed by atoms with Crippen molar-refractivity contribution in [2.75, 3.05) is 14.2 Å². The monoisotopic (exact) mass is 173 g/mol. The van der Waals surface area contributed by atoms with Crippen molar-refractivity contribution in [1.29, 1.82) is 5.26 Å². The lowest BCUT2D eigenvalue weighted by Gasteiger charge is -2.27. The van der Waals surface area contributed by atoms with Crippen LogP contribution in [0.5, 0.6) is 0 Å².